The number of anilines is 9. The van der Waals surface area contributed by atoms with Crippen LogP contribution in [0, 0.1) is 20.2 Å². The lowest BCUT2D eigenvalue weighted by Gasteiger charge is -2.15. The van der Waals surface area contributed by atoms with Gasteiger partial charge in [-0.3, -0.25) is 39.2 Å². The molecule has 22 nitrogen and oxygen atoms in total. The zero-order valence-corrected chi connectivity index (χ0v) is 34.5. The molecule has 23 heteroatoms. The Hall–Kier alpha value is -7.75. The number of halogens is 1. The van der Waals surface area contributed by atoms with Crippen molar-refractivity contribution in [2.75, 3.05) is 32.3 Å². The molecule has 0 bridgehead atoms. The predicted molar refractivity (Wildman–Crippen MR) is 229 cm³/mol. The number of aromatic nitrogens is 8. The lowest BCUT2D eigenvalue weighted by Crippen LogP contribution is -2.26. The number of nitro groups is 2. The summed E-state index contributed by atoms with van der Waals surface area (Å²) in [6, 6.07) is 10.5. The number of amides is 2. The van der Waals surface area contributed by atoms with Gasteiger partial charge >= 0.3 is 11.4 Å². The molecule has 6 heterocycles. The molecule has 4 aromatic heterocycles. The van der Waals surface area contributed by atoms with Crippen molar-refractivity contribution in [1.29, 1.82) is 0 Å². The fraction of sp³-hybridized carbons (Fsp3) is 0.263. The third kappa shape index (κ3) is 9.44. The highest BCUT2D eigenvalue weighted by atomic mass is 35.5. The standard InChI is InChI=1S/C19H20N8O3.C14H12ClN5O3.C5H9N3/c1-4-26-10-12(8-21-26)23-18-20-9-15(27(29)30)16(25-18)22-11-5-6-13-14(7-11)24-17(28)19(13,2)3;1-14(2)8-4-3-7(5-9(8)18-12(14)21)17-11-10(20(22)23)6-16-13(15)19-11;1-2-8-4-5(6)3-7-8/h5-10H,4H2,1-3H3,(H,24,28)(H2,20,22,23,25);3-6H,1-2H3,(H,18,21)(H,16,17,19);3-4H,2,6H2,1H3. The van der Waals surface area contributed by atoms with Crippen LogP contribution in [0.3, 0.4) is 0 Å². The largest absolute Gasteiger partial charge is 0.396 e. The summed E-state index contributed by atoms with van der Waals surface area (Å²) in [6.45, 7) is 12.9. The van der Waals surface area contributed by atoms with Crippen LogP contribution in [0.25, 0.3) is 0 Å². The van der Waals surface area contributed by atoms with E-state index in [0.717, 1.165) is 35.8 Å². The Morgan fingerprint density at radius 3 is 1.66 bits per heavy atom. The Labute approximate surface area is 352 Å². The van der Waals surface area contributed by atoms with Crippen LogP contribution in [0.2, 0.25) is 5.28 Å². The van der Waals surface area contributed by atoms with E-state index in [-0.39, 0.29) is 46.1 Å². The summed E-state index contributed by atoms with van der Waals surface area (Å²) in [6.07, 6.45) is 9.02. The van der Waals surface area contributed by atoms with Crippen molar-refractivity contribution in [1.82, 2.24) is 39.5 Å². The van der Waals surface area contributed by atoms with Gasteiger partial charge in [0.25, 0.3) is 0 Å². The van der Waals surface area contributed by atoms with Gasteiger partial charge in [-0.25, -0.2) is 9.97 Å². The molecule has 0 saturated carbocycles. The van der Waals surface area contributed by atoms with Gasteiger partial charge in [0.2, 0.25) is 34.7 Å². The van der Waals surface area contributed by atoms with Crippen molar-refractivity contribution < 1.29 is 19.4 Å². The number of aryl methyl sites for hydroxylation is 2. The van der Waals surface area contributed by atoms with E-state index in [9.17, 15) is 29.8 Å². The van der Waals surface area contributed by atoms with Crippen molar-refractivity contribution in [3.05, 3.63) is 110 Å². The van der Waals surface area contributed by atoms with Crippen LogP contribution in [0.1, 0.15) is 52.7 Å². The van der Waals surface area contributed by atoms with E-state index >= 15 is 0 Å². The van der Waals surface area contributed by atoms with Crippen LogP contribution in [0.15, 0.2) is 73.6 Å². The van der Waals surface area contributed by atoms with Crippen LogP contribution in [-0.2, 0) is 33.5 Å². The molecule has 6 aromatic rings. The minimum absolute atomic E-state index is 0.0152. The maximum atomic E-state index is 12.2. The Kier molecular flexibility index (Phi) is 12.1. The van der Waals surface area contributed by atoms with Crippen LogP contribution < -0.4 is 32.3 Å². The molecule has 61 heavy (non-hydrogen) atoms. The molecule has 2 amide bonds. The molecular formula is C38H41ClN16O6. The molecule has 0 radical (unpaired) electrons. The van der Waals surface area contributed by atoms with E-state index in [1.807, 2.05) is 47.6 Å². The number of fused-ring (bicyclic) bond motifs is 2. The van der Waals surface area contributed by atoms with Crippen molar-refractivity contribution in [3.8, 4) is 0 Å². The lowest BCUT2D eigenvalue weighted by atomic mass is 9.86. The molecule has 0 fully saturated rings. The van der Waals surface area contributed by atoms with E-state index in [2.05, 4.69) is 56.7 Å². The van der Waals surface area contributed by atoms with Gasteiger partial charge < -0.3 is 32.3 Å². The van der Waals surface area contributed by atoms with Gasteiger partial charge in [-0.15, -0.1) is 0 Å². The molecule has 7 N–H and O–H groups in total. The van der Waals surface area contributed by atoms with E-state index in [4.69, 9.17) is 17.3 Å². The number of benzene rings is 2. The van der Waals surface area contributed by atoms with Gasteiger partial charge in [0.1, 0.15) is 12.4 Å². The van der Waals surface area contributed by atoms with Crippen molar-refractivity contribution in [3.63, 3.8) is 0 Å². The van der Waals surface area contributed by atoms with E-state index in [0.29, 0.717) is 35.0 Å². The zero-order chi connectivity index (χ0) is 44.2. The summed E-state index contributed by atoms with van der Waals surface area (Å²) in [4.78, 5) is 61.1. The van der Waals surface area contributed by atoms with E-state index in [1.54, 1.807) is 64.5 Å². The Morgan fingerprint density at radius 1 is 0.705 bits per heavy atom. The van der Waals surface area contributed by atoms with Gasteiger partial charge in [-0.05, 0) is 88.5 Å². The second-order valence-electron chi connectivity index (χ2n) is 14.6. The monoisotopic (exact) mass is 852 g/mol. The summed E-state index contributed by atoms with van der Waals surface area (Å²) < 4.78 is 3.52. The average molecular weight is 853 g/mol. The SMILES string of the molecule is CC1(C)C(=O)Nc2cc(Nc3nc(Cl)ncc3[N+](=O)[O-])ccc21.CCn1cc(N)cn1.CCn1cc(Nc2ncc([N+](=O)[O-])c(Nc3ccc4c(c3)NC(=O)C4(C)C)n2)cn1. The normalized spacial score (nSPS) is 13.9. The van der Waals surface area contributed by atoms with E-state index < -0.39 is 20.7 Å². The van der Waals surface area contributed by atoms with Crippen LogP contribution in [0.4, 0.5) is 63.1 Å². The number of carbonyl (C=O) groups excluding carboxylic acids is 2. The van der Waals surface area contributed by atoms with Crippen molar-refractivity contribution in [2.45, 2.75) is 65.5 Å². The minimum atomic E-state index is -0.630. The number of hydrogen-bond acceptors (Lipinski definition) is 16. The molecule has 2 aromatic carbocycles. The first-order valence-electron chi connectivity index (χ1n) is 18.6. The molecule has 8 rings (SSSR count). The first-order valence-corrected chi connectivity index (χ1v) is 19.0. The molecule has 2 aliphatic heterocycles. The molecule has 0 unspecified atom stereocenters. The van der Waals surface area contributed by atoms with Crippen molar-refractivity contribution >= 4 is 86.5 Å². The fourth-order valence-electron chi connectivity index (χ4n) is 6.14. The summed E-state index contributed by atoms with van der Waals surface area (Å²) in [5.41, 5.74) is 9.11. The number of carbonyl (C=O) groups is 2. The number of nitrogens with zero attached hydrogens (tertiary/aromatic N) is 10. The van der Waals surface area contributed by atoms with Crippen LogP contribution in [-0.4, -0.2) is 61.2 Å². The maximum absolute atomic E-state index is 12.2. The molecule has 316 valence electrons. The van der Waals surface area contributed by atoms with Crippen LogP contribution >= 0.6 is 11.6 Å². The van der Waals surface area contributed by atoms with Gasteiger partial charge in [0.05, 0.1) is 44.4 Å². The molecular weight excluding hydrogens is 812 g/mol. The predicted octanol–water partition coefficient (Wildman–Crippen LogP) is 6.81. The summed E-state index contributed by atoms with van der Waals surface area (Å²) >= 11 is 5.70. The third-order valence-corrected chi connectivity index (χ3v) is 9.82. The number of nitrogen functional groups attached to an aromatic ring is 1. The highest BCUT2D eigenvalue weighted by molar-refractivity contribution is 6.28. The number of hydrogen-bond donors (Lipinski definition) is 6. The Bertz CT molecular complexity index is 2660. The molecule has 0 saturated heterocycles. The Morgan fingerprint density at radius 2 is 1.20 bits per heavy atom. The first-order chi connectivity index (χ1) is 28.9. The van der Waals surface area contributed by atoms with Crippen LogP contribution in [0.5, 0.6) is 0 Å². The first kappa shape index (κ1) is 42.8. The van der Waals surface area contributed by atoms with Crippen molar-refractivity contribution in [2.24, 2.45) is 0 Å². The third-order valence-electron chi connectivity index (χ3n) is 9.64. The van der Waals surface area contributed by atoms with Gasteiger partial charge in [0, 0.05) is 48.2 Å². The number of rotatable bonds is 10. The second kappa shape index (κ2) is 17.2. The van der Waals surface area contributed by atoms with Gasteiger partial charge in [-0.2, -0.15) is 20.2 Å². The summed E-state index contributed by atoms with van der Waals surface area (Å²) in [7, 11) is 0. The molecule has 0 aliphatic carbocycles. The highest BCUT2D eigenvalue weighted by Gasteiger charge is 2.39. The Balaban J connectivity index is 0.000000177. The van der Waals surface area contributed by atoms with Gasteiger partial charge in [-0.1, -0.05) is 12.1 Å². The highest BCUT2D eigenvalue weighted by Crippen LogP contribution is 2.41. The van der Waals surface area contributed by atoms with Gasteiger partial charge in [0.15, 0.2) is 0 Å². The number of nitrogens with two attached hydrogens (primary N) is 1. The summed E-state index contributed by atoms with van der Waals surface area (Å²) in [5, 5.41) is 44.9. The second-order valence-corrected chi connectivity index (χ2v) is 14.9. The topological polar surface area (TPSA) is 294 Å². The molecule has 0 atom stereocenters. The lowest BCUT2D eigenvalue weighted by molar-refractivity contribution is -0.384. The quantitative estimate of drug-likeness (QED) is 0.0468. The molecule has 0 spiro atoms. The minimum Gasteiger partial charge on any atom is -0.396 e. The maximum Gasteiger partial charge on any atom is 0.329 e. The number of nitrogens with one attached hydrogen (secondary N) is 5. The zero-order valence-electron chi connectivity index (χ0n) is 33.7. The summed E-state index contributed by atoms with van der Waals surface area (Å²) in [5.74, 6) is 0.0132. The molecule has 2 aliphatic rings. The smallest absolute Gasteiger partial charge is 0.329 e. The van der Waals surface area contributed by atoms with E-state index in [1.165, 1.54) is 0 Å². The fourth-order valence-corrected chi connectivity index (χ4v) is 6.27. The average Bonchev–Trinajstić information content (AvgIpc) is 3.95.